The number of anilines is 2. The van der Waals surface area contributed by atoms with Crippen LogP contribution in [0, 0.1) is 0 Å². The lowest BCUT2D eigenvalue weighted by Gasteiger charge is -2.32. The molecule has 2 aromatic carbocycles. The summed E-state index contributed by atoms with van der Waals surface area (Å²) < 4.78 is 36.5. The van der Waals surface area contributed by atoms with E-state index >= 15 is 0 Å². The number of hydrogen-bond acceptors (Lipinski definition) is 4. The Morgan fingerprint density at radius 1 is 0.952 bits per heavy atom. The second-order valence-electron chi connectivity index (χ2n) is 4.83. The molecule has 1 aliphatic rings. The van der Waals surface area contributed by atoms with E-state index in [0.29, 0.717) is 13.0 Å². The molecule has 2 aromatic rings. The van der Waals surface area contributed by atoms with Gasteiger partial charge < -0.3 is 9.64 Å². The van der Waals surface area contributed by atoms with Crippen LogP contribution < -0.4 is 9.64 Å². The van der Waals surface area contributed by atoms with Crippen LogP contribution in [-0.2, 0) is 10.1 Å². The quantitative estimate of drug-likeness (QED) is 0.879. The van der Waals surface area contributed by atoms with E-state index in [0.717, 1.165) is 22.9 Å². The number of rotatable bonds is 4. The van der Waals surface area contributed by atoms with Gasteiger partial charge in [-0.3, -0.25) is 4.55 Å². The van der Waals surface area contributed by atoms with Gasteiger partial charge in [0.1, 0.15) is 0 Å². The largest absolute Gasteiger partial charge is 0.453 e. The minimum atomic E-state index is -3.94. The van der Waals surface area contributed by atoms with Crippen LogP contribution in [0.1, 0.15) is 6.42 Å². The maximum atomic E-state index is 10.9. The summed E-state index contributed by atoms with van der Waals surface area (Å²) in [5, 5.41) is 0. The molecule has 110 valence electrons. The molecule has 0 aromatic heterocycles. The zero-order chi connectivity index (χ0) is 14.9. The highest BCUT2D eigenvalue weighted by Crippen LogP contribution is 2.46. The van der Waals surface area contributed by atoms with Crippen molar-refractivity contribution in [3.63, 3.8) is 0 Å². The third kappa shape index (κ3) is 3.01. The summed E-state index contributed by atoms with van der Waals surface area (Å²) >= 11 is 0. The van der Waals surface area contributed by atoms with Crippen molar-refractivity contribution in [2.75, 3.05) is 17.2 Å². The van der Waals surface area contributed by atoms with Gasteiger partial charge in [-0.25, -0.2) is 0 Å². The van der Waals surface area contributed by atoms with Gasteiger partial charge in [-0.2, -0.15) is 8.42 Å². The summed E-state index contributed by atoms with van der Waals surface area (Å²) in [5.41, 5.74) is 1.79. The van der Waals surface area contributed by atoms with Crippen molar-refractivity contribution in [3.05, 3.63) is 48.5 Å². The molecule has 0 atom stereocenters. The van der Waals surface area contributed by atoms with E-state index in [2.05, 4.69) is 0 Å². The predicted molar refractivity (Wildman–Crippen MR) is 81.0 cm³/mol. The third-order valence-corrected chi connectivity index (χ3v) is 4.12. The summed E-state index contributed by atoms with van der Waals surface area (Å²) in [6.45, 7) is 0.483. The highest BCUT2D eigenvalue weighted by molar-refractivity contribution is 7.85. The molecular formula is C15H15NO4S. The molecule has 0 saturated carbocycles. The number of ether oxygens (including phenoxy) is 1. The SMILES string of the molecule is O=S(=O)(O)CCCN1c2ccccc2Oc2ccccc21. The lowest BCUT2D eigenvalue weighted by Crippen LogP contribution is -2.24. The molecular weight excluding hydrogens is 290 g/mol. The average molecular weight is 305 g/mol. The van der Waals surface area contributed by atoms with E-state index in [4.69, 9.17) is 9.29 Å². The topological polar surface area (TPSA) is 66.8 Å². The van der Waals surface area contributed by atoms with Crippen LogP contribution in [0.4, 0.5) is 11.4 Å². The summed E-state index contributed by atoms with van der Waals surface area (Å²) in [4.78, 5) is 2.01. The minimum Gasteiger partial charge on any atom is -0.453 e. The molecule has 0 amide bonds. The molecule has 0 radical (unpaired) electrons. The number of fused-ring (bicyclic) bond motifs is 2. The number of hydrogen-bond donors (Lipinski definition) is 1. The van der Waals surface area contributed by atoms with Crippen LogP contribution in [-0.4, -0.2) is 25.3 Å². The van der Waals surface area contributed by atoms with Gasteiger partial charge in [0.2, 0.25) is 0 Å². The monoisotopic (exact) mass is 305 g/mol. The van der Waals surface area contributed by atoms with Gasteiger partial charge in [0.15, 0.2) is 11.5 Å². The van der Waals surface area contributed by atoms with Crippen molar-refractivity contribution in [1.29, 1.82) is 0 Å². The lowest BCUT2D eigenvalue weighted by molar-refractivity contribution is 0.471. The number of benzene rings is 2. The average Bonchev–Trinajstić information content (AvgIpc) is 2.45. The van der Waals surface area contributed by atoms with Crippen molar-refractivity contribution in [3.8, 4) is 11.5 Å². The molecule has 6 heteroatoms. The molecule has 0 bridgehead atoms. The summed E-state index contributed by atoms with van der Waals surface area (Å²) in [5.74, 6) is 1.22. The Morgan fingerprint density at radius 2 is 1.48 bits per heavy atom. The first-order chi connectivity index (χ1) is 10.0. The standard InChI is InChI=1S/C15H15NO4S/c17-21(18,19)11-5-10-16-12-6-1-3-8-14(12)20-15-9-4-2-7-13(15)16/h1-4,6-9H,5,10-11H2,(H,17,18,19). The highest BCUT2D eigenvalue weighted by atomic mass is 32.2. The lowest BCUT2D eigenvalue weighted by atomic mass is 10.1. The third-order valence-electron chi connectivity index (χ3n) is 3.32. The van der Waals surface area contributed by atoms with Crippen LogP contribution >= 0.6 is 0 Å². The van der Waals surface area contributed by atoms with E-state index < -0.39 is 10.1 Å². The van der Waals surface area contributed by atoms with Gasteiger partial charge in [0, 0.05) is 6.54 Å². The molecule has 0 aliphatic carbocycles. The zero-order valence-electron chi connectivity index (χ0n) is 11.3. The normalized spacial score (nSPS) is 13.3. The van der Waals surface area contributed by atoms with Crippen LogP contribution in [0.15, 0.2) is 48.5 Å². The van der Waals surface area contributed by atoms with Gasteiger partial charge in [0.05, 0.1) is 17.1 Å². The second kappa shape index (κ2) is 5.38. The van der Waals surface area contributed by atoms with Crippen molar-refractivity contribution in [1.82, 2.24) is 0 Å². The van der Waals surface area contributed by atoms with Crippen LogP contribution in [0.25, 0.3) is 0 Å². The minimum absolute atomic E-state index is 0.255. The van der Waals surface area contributed by atoms with Crippen molar-refractivity contribution >= 4 is 21.5 Å². The summed E-state index contributed by atoms with van der Waals surface area (Å²) in [6.07, 6.45) is 0.335. The van der Waals surface area contributed by atoms with Gasteiger partial charge in [-0.15, -0.1) is 0 Å². The van der Waals surface area contributed by atoms with Gasteiger partial charge >= 0.3 is 0 Å². The maximum absolute atomic E-state index is 10.9. The molecule has 1 heterocycles. The predicted octanol–water partition coefficient (Wildman–Crippen LogP) is 3.21. The van der Waals surface area contributed by atoms with E-state index in [1.165, 1.54) is 0 Å². The van der Waals surface area contributed by atoms with Gasteiger partial charge in [-0.05, 0) is 30.7 Å². The summed E-state index contributed by atoms with van der Waals surface area (Å²) in [6, 6.07) is 15.2. The fourth-order valence-electron chi connectivity index (χ4n) is 2.43. The molecule has 1 N–H and O–H groups in total. The van der Waals surface area contributed by atoms with Crippen molar-refractivity contribution < 1.29 is 17.7 Å². The second-order valence-corrected chi connectivity index (χ2v) is 6.40. The molecule has 5 nitrogen and oxygen atoms in total. The van der Waals surface area contributed by atoms with Crippen molar-refractivity contribution in [2.45, 2.75) is 6.42 Å². The van der Waals surface area contributed by atoms with Crippen LogP contribution in [0.3, 0.4) is 0 Å². The Kier molecular flexibility index (Phi) is 3.57. The molecule has 1 aliphatic heterocycles. The number of para-hydroxylation sites is 4. The Morgan fingerprint density at radius 3 is 2.00 bits per heavy atom. The molecule has 0 unspecified atom stereocenters. The Labute approximate surface area is 123 Å². The van der Waals surface area contributed by atoms with Gasteiger partial charge in [0.25, 0.3) is 10.1 Å². The fourth-order valence-corrected chi connectivity index (χ4v) is 2.92. The van der Waals surface area contributed by atoms with Crippen LogP contribution in [0.5, 0.6) is 11.5 Å². The molecule has 3 rings (SSSR count). The van der Waals surface area contributed by atoms with E-state index in [9.17, 15) is 8.42 Å². The first-order valence-corrected chi connectivity index (χ1v) is 8.24. The molecule has 0 fully saturated rings. The Bertz CT molecular complexity index is 712. The summed E-state index contributed by atoms with van der Waals surface area (Å²) in [7, 11) is -3.94. The highest BCUT2D eigenvalue weighted by Gasteiger charge is 2.23. The van der Waals surface area contributed by atoms with E-state index in [1.54, 1.807) is 0 Å². The van der Waals surface area contributed by atoms with Crippen LogP contribution in [0.2, 0.25) is 0 Å². The maximum Gasteiger partial charge on any atom is 0.264 e. The van der Waals surface area contributed by atoms with E-state index in [1.807, 2.05) is 53.4 Å². The Balaban J connectivity index is 1.91. The molecule has 21 heavy (non-hydrogen) atoms. The fraction of sp³-hybridized carbons (Fsp3) is 0.200. The van der Waals surface area contributed by atoms with Gasteiger partial charge in [-0.1, -0.05) is 24.3 Å². The smallest absolute Gasteiger partial charge is 0.264 e. The first kappa shape index (κ1) is 13.9. The molecule has 0 saturated heterocycles. The molecule has 0 spiro atoms. The first-order valence-electron chi connectivity index (χ1n) is 6.63. The van der Waals surface area contributed by atoms with E-state index in [-0.39, 0.29) is 5.75 Å². The van der Waals surface area contributed by atoms with Crippen molar-refractivity contribution in [2.24, 2.45) is 0 Å². The zero-order valence-corrected chi connectivity index (χ0v) is 12.1. The number of nitrogens with zero attached hydrogens (tertiary/aromatic N) is 1. The Hall–Kier alpha value is -2.05.